The highest BCUT2D eigenvalue weighted by Gasteiger charge is 2.28. The van der Waals surface area contributed by atoms with E-state index in [1.54, 1.807) is 6.07 Å². The lowest BCUT2D eigenvalue weighted by Gasteiger charge is -2.28. The summed E-state index contributed by atoms with van der Waals surface area (Å²) in [6.07, 6.45) is 6.11. The molecule has 1 heterocycles. The molecule has 3 aromatic rings. The van der Waals surface area contributed by atoms with Gasteiger partial charge in [-0.3, -0.25) is 0 Å². The Morgan fingerprint density at radius 3 is 1.97 bits per heavy atom. The molecule has 1 fully saturated rings. The lowest BCUT2D eigenvalue weighted by molar-refractivity contribution is -0.00743. The summed E-state index contributed by atoms with van der Waals surface area (Å²) in [5.41, 5.74) is -0.415. The van der Waals surface area contributed by atoms with Crippen LogP contribution in [0.3, 0.4) is 0 Å². The summed E-state index contributed by atoms with van der Waals surface area (Å²) < 4.78 is 80.3. The molecule has 6 heteroatoms. The molecule has 0 saturated carbocycles. The fourth-order valence-electron chi connectivity index (χ4n) is 4.65. The van der Waals surface area contributed by atoms with Gasteiger partial charge in [0.2, 0.25) is 0 Å². The summed E-state index contributed by atoms with van der Waals surface area (Å²) in [4.78, 5) is 0. The van der Waals surface area contributed by atoms with Crippen molar-refractivity contribution in [3.63, 3.8) is 0 Å². The van der Waals surface area contributed by atoms with E-state index in [1.165, 1.54) is 30.3 Å². The van der Waals surface area contributed by atoms with Crippen LogP contribution in [0.25, 0.3) is 22.3 Å². The molecule has 184 valence electrons. The van der Waals surface area contributed by atoms with Gasteiger partial charge in [-0.15, -0.1) is 0 Å². The van der Waals surface area contributed by atoms with Crippen molar-refractivity contribution in [1.29, 1.82) is 0 Å². The van der Waals surface area contributed by atoms with Crippen LogP contribution in [0.1, 0.15) is 50.3 Å². The summed E-state index contributed by atoms with van der Waals surface area (Å²) in [5.74, 6) is -5.55. The monoisotopic (exact) mass is 486 g/mol. The van der Waals surface area contributed by atoms with Gasteiger partial charge in [0.25, 0.3) is 0 Å². The van der Waals surface area contributed by atoms with E-state index in [0.29, 0.717) is 19.4 Å². The van der Waals surface area contributed by atoms with E-state index in [0.717, 1.165) is 24.5 Å². The maximum atomic E-state index is 15.0. The first-order chi connectivity index (χ1) is 16.8. The Labute approximate surface area is 202 Å². The number of halogens is 5. The maximum absolute atomic E-state index is 15.0. The van der Waals surface area contributed by atoms with E-state index in [1.807, 2.05) is 26.0 Å². The molecule has 3 aromatic carbocycles. The van der Waals surface area contributed by atoms with Gasteiger partial charge in [0.1, 0.15) is 5.82 Å². The molecule has 4 rings (SSSR count). The van der Waals surface area contributed by atoms with Crippen molar-refractivity contribution in [1.82, 2.24) is 0 Å². The Bertz CT molecular complexity index is 1240. The summed E-state index contributed by atoms with van der Waals surface area (Å²) in [6, 6.07) is 9.27. The van der Waals surface area contributed by atoms with Crippen LogP contribution in [0, 0.1) is 35.0 Å². The van der Waals surface area contributed by atoms with Gasteiger partial charge in [0.05, 0.1) is 12.7 Å². The van der Waals surface area contributed by atoms with E-state index < -0.39 is 46.3 Å². The van der Waals surface area contributed by atoms with Gasteiger partial charge in [-0.05, 0) is 37.8 Å². The Morgan fingerprint density at radius 2 is 1.40 bits per heavy atom. The van der Waals surface area contributed by atoms with E-state index >= 15 is 8.78 Å². The highest BCUT2D eigenvalue weighted by molar-refractivity contribution is 5.73. The molecule has 0 spiro atoms. The Hall–Kier alpha value is -2.99. The molecule has 0 amide bonds. The Kier molecular flexibility index (Phi) is 7.70. The molecule has 0 aliphatic carbocycles. The lowest BCUT2D eigenvalue weighted by Crippen LogP contribution is -2.20. The maximum Gasteiger partial charge on any atom is 0.167 e. The Balaban J connectivity index is 1.65. The molecule has 1 aliphatic heterocycles. The lowest BCUT2D eigenvalue weighted by atomic mass is 9.92. The van der Waals surface area contributed by atoms with Crippen molar-refractivity contribution in [3.8, 4) is 22.3 Å². The second-order valence-corrected chi connectivity index (χ2v) is 8.87. The standard InChI is InChI=1S/C29H27F5O/c1-3-5-17-7-9-19(24(30)15-17)20-10-11-21(27(32)26(20)31)22-12-13-23(29(34)28(22)33)25-14-8-18(6-4-2)16-35-25/h4,6-7,9-13,15,18,25H,3,5,8,14,16H2,1-2H3. The van der Waals surface area contributed by atoms with Gasteiger partial charge in [-0.2, -0.15) is 0 Å². The Morgan fingerprint density at radius 1 is 0.800 bits per heavy atom. The van der Waals surface area contributed by atoms with Crippen LogP contribution in [0.15, 0.2) is 54.6 Å². The number of benzene rings is 3. The average molecular weight is 487 g/mol. The largest absolute Gasteiger partial charge is 0.373 e. The highest BCUT2D eigenvalue weighted by atomic mass is 19.2. The minimum absolute atomic E-state index is 0.0527. The average Bonchev–Trinajstić information content (AvgIpc) is 2.85. The molecular formula is C29H27F5O. The molecule has 1 nitrogen and oxygen atoms in total. The summed E-state index contributed by atoms with van der Waals surface area (Å²) in [6.45, 7) is 4.26. The third-order valence-corrected chi connectivity index (χ3v) is 6.47. The zero-order valence-electron chi connectivity index (χ0n) is 19.7. The SMILES string of the molecule is CC=CC1CCC(c2ccc(-c3ccc(-c4ccc(CCC)cc4F)c(F)c3F)c(F)c2F)OC1. The molecule has 1 aliphatic rings. The first-order valence-electron chi connectivity index (χ1n) is 11.8. The van der Waals surface area contributed by atoms with Gasteiger partial charge in [0.15, 0.2) is 23.3 Å². The minimum Gasteiger partial charge on any atom is -0.373 e. The van der Waals surface area contributed by atoms with E-state index in [2.05, 4.69) is 0 Å². The number of rotatable bonds is 6. The van der Waals surface area contributed by atoms with Crippen LogP contribution in [0.4, 0.5) is 22.0 Å². The first kappa shape index (κ1) is 25.1. The molecule has 2 unspecified atom stereocenters. The van der Waals surface area contributed by atoms with Crippen molar-refractivity contribution >= 4 is 0 Å². The van der Waals surface area contributed by atoms with Gasteiger partial charge in [-0.25, -0.2) is 22.0 Å². The fraction of sp³-hybridized carbons (Fsp3) is 0.310. The van der Waals surface area contributed by atoms with Crippen molar-refractivity contribution in [2.24, 2.45) is 5.92 Å². The normalized spacial score (nSPS) is 18.4. The zero-order valence-corrected chi connectivity index (χ0v) is 19.7. The van der Waals surface area contributed by atoms with Gasteiger partial charge < -0.3 is 4.74 Å². The fourth-order valence-corrected chi connectivity index (χ4v) is 4.65. The molecule has 2 atom stereocenters. The van der Waals surface area contributed by atoms with Crippen LogP contribution < -0.4 is 0 Å². The van der Waals surface area contributed by atoms with Crippen LogP contribution in [0.2, 0.25) is 0 Å². The summed E-state index contributed by atoms with van der Waals surface area (Å²) >= 11 is 0. The predicted molar refractivity (Wildman–Crippen MR) is 127 cm³/mol. The third-order valence-electron chi connectivity index (χ3n) is 6.47. The number of allylic oxidation sites excluding steroid dienone is 1. The van der Waals surface area contributed by atoms with Gasteiger partial charge in [0, 0.05) is 33.7 Å². The minimum atomic E-state index is -1.37. The van der Waals surface area contributed by atoms with Crippen LogP contribution in [-0.2, 0) is 11.2 Å². The van der Waals surface area contributed by atoms with E-state index in [-0.39, 0.29) is 22.6 Å². The van der Waals surface area contributed by atoms with Crippen molar-refractivity contribution < 1.29 is 26.7 Å². The van der Waals surface area contributed by atoms with Crippen LogP contribution in [0.5, 0.6) is 0 Å². The zero-order chi connectivity index (χ0) is 25.1. The molecule has 35 heavy (non-hydrogen) atoms. The number of hydrogen-bond donors (Lipinski definition) is 0. The summed E-state index contributed by atoms with van der Waals surface area (Å²) in [7, 11) is 0. The van der Waals surface area contributed by atoms with Crippen LogP contribution in [-0.4, -0.2) is 6.61 Å². The number of hydrogen-bond acceptors (Lipinski definition) is 1. The van der Waals surface area contributed by atoms with E-state index in [9.17, 15) is 13.2 Å². The highest BCUT2D eigenvalue weighted by Crippen LogP contribution is 2.38. The molecule has 0 aromatic heterocycles. The molecule has 0 radical (unpaired) electrons. The van der Waals surface area contributed by atoms with E-state index in [4.69, 9.17) is 4.74 Å². The first-order valence-corrected chi connectivity index (χ1v) is 11.8. The smallest absolute Gasteiger partial charge is 0.167 e. The van der Waals surface area contributed by atoms with Crippen molar-refractivity contribution in [2.75, 3.05) is 6.61 Å². The third kappa shape index (κ3) is 5.03. The predicted octanol–water partition coefficient (Wildman–Crippen LogP) is 8.71. The number of ether oxygens (including phenoxy) is 1. The van der Waals surface area contributed by atoms with Crippen LogP contribution >= 0.6 is 0 Å². The summed E-state index contributed by atoms with van der Waals surface area (Å²) in [5, 5.41) is 0. The molecule has 0 N–H and O–H groups in total. The van der Waals surface area contributed by atoms with Gasteiger partial charge >= 0.3 is 0 Å². The number of aryl methyl sites for hydroxylation is 1. The van der Waals surface area contributed by atoms with Crippen molar-refractivity contribution in [3.05, 3.63) is 94.8 Å². The molecular weight excluding hydrogens is 459 g/mol. The quantitative estimate of drug-likeness (QED) is 0.250. The second kappa shape index (κ2) is 10.7. The van der Waals surface area contributed by atoms with Gasteiger partial charge in [-0.1, -0.05) is 61.9 Å². The second-order valence-electron chi connectivity index (χ2n) is 8.87. The van der Waals surface area contributed by atoms with Crippen molar-refractivity contribution in [2.45, 2.75) is 45.6 Å². The topological polar surface area (TPSA) is 9.23 Å². The molecule has 0 bridgehead atoms. The molecule has 1 saturated heterocycles.